The standard InChI is InChI=1S/C23H26F3N5O/c24-23(25,26)16-6-4-12-31(14-16)19-9-8-17-21(29-19)20(15-5-3-11-30(17)13-15)22(32)28-18-7-1-2-10-27-18/h1-2,7-10,15-16,20H,3-6,11-14H2,(H,27,28,32)/t15-,16-,20?/m0/s1. The molecule has 5 heterocycles. The highest BCUT2D eigenvalue weighted by molar-refractivity contribution is 5.96. The van der Waals surface area contributed by atoms with Crippen LogP contribution < -0.4 is 15.1 Å². The number of aromatic nitrogens is 2. The third-order valence-corrected chi connectivity index (χ3v) is 6.86. The molecule has 6 nitrogen and oxygen atoms in total. The Bertz CT molecular complexity index is 983. The lowest BCUT2D eigenvalue weighted by molar-refractivity contribution is -0.176. The van der Waals surface area contributed by atoms with E-state index in [0.29, 0.717) is 30.3 Å². The number of piperidine rings is 2. The molecular weight excluding hydrogens is 419 g/mol. The van der Waals surface area contributed by atoms with Crippen LogP contribution in [-0.2, 0) is 4.79 Å². The molecule has 9 heteroatoms. The van der Waals surface area contributed by atoms with Gasteiger partial charge >= 0.3 is 6.18 Å². The third-order valence-electron chi connectivity index (χ3n) is 6.86. The molecule has 3 atom stereocenters. The summed E-state index contributed by atoms with van der Waals surface area (Å²) in [7, 11) is 0. The fourth-order valence-corrected chi connectivity index (χ4v) is 5.28. The second kappa shape index (κ2) is 8.26. The van der Waals surface area contributed by atoms with Crippen molar-refractivity contribution in [2.45, 2.75) is 37.8 Å². The van der Waals surface area contributed by atoms with Gasteiger partial charge in [0.15, 0.2) is 0 Å². The van der Waals surface area contributed by atoms with Crippen LogP contribution in [0.15, 0.2) is 36.5 Å². The molecule has 2 bridgehead atoms. The van der Waals surface area contributed by atoms with E-state index in [1.54, 1.807) is 29.3 Å². The SMILES string of the molecule is O=C(Nc1ccccn1)C1c2nc(N3CCC[C@H](C(F)(F)F)C3)ccc2N2CCC[C@H]1C2. The first kappa shape index (κ1) is 21.0. The van der Waals surface area contributed by atoms with Crippen LogP contribution in [-0.4, -0.2) is 48.2 Å². The van der Waals surface area contributed by atoms with Gasteiger partial charge in [-0.05, 0) is 55.9 Å². The minimum Gasteiger partial charge on any atom is -0.370 e. The van der Waals surface area contributed by atoms with Crippen molar-refractivity contribution in [1.82, 2.24) is 9.97 Å². The molecule has 2 aromatic heterocycles. The first-order valence-corrected chi connectivity index (χ1v) is 11.2. The number of hydrogen-bond acceptors (Lipinski definition) is 5. The van der Waals surface area contributed by atoms with Crippen molar-refractivity contribution in [2.75, 3.05) is 41.3 Å². The predicted octanol–water partition coefficient (Wildman–Crippen LogP) is 4.21. The first-order valence-electron chi connectivity index (χ1n) is 11.2. The van der Waals surface area contributed by atoms with Gasteiger partial charge < -0.3 is 15.1 Å². The van der Waals surface area contributed by atoms with Gasteiger partial charge in [-0.3, -0.25) is 4.79 Å². The van der Waals surface area contributed by atoms with Gasteiger partial charge in [-0.15, -0.1) is 0 Å². The summed E-state index contributed by atoms with van der Waals surface area (Å²) in [5.41, 5.74) is 1.58. The van der Waals surface area contributed by atoms with Crippen LogP contribution in [0.25, 0.3) is 0 Å². The van der Waals surface area contributed by atoms with Crippen molar-refractivity contribution >= 4 is 23.2 Å². The maximum Gasteiger partial charge on any atom is 0.393 e. The number of pyridine rings is 2. The van der Waals surface area contributed by atoms with Gasteiger partial charge in [0.05, 0.1) is 23.2 Å². The monoisotopic (exact) mass is 445 g/mol. The fourth-order valence-electron chi connectivity index (χ4n) is 5.28. The fraction of sp³-hybridized carbons (Fsp3) is 0.522. The van der Waals surface area contributed by atoms with E-state index in [0.717, 1.165) is 31.6 Å². The van der Waals surface area contributed by atoms with E-state index in [1.165, 1.54) is 0 Å². The number of fused-ring (bicyclic) bond motifs is 4. The van der Waals surface area contributed by atoms with E-state index < -0.39 is 18.0 Å². The highest BCUT2D eigenvalue weighted by Crippen LogP contribution is 2.44. The van der Waals surface area contributed by atoms with E-state index >= 15 is 0 Å². The first-order chi connectivity index (χ1) is 15.4. The lowest BCUT2D eigenvalue weighted by Gasteiger charge is -2.44. The van der Waals surface area contributed by atoms with Crippen LogP contribution in [0.5, 0.6) is 0 Å². The van der Waals surface area contributed by atoms with E-state index in [1.807, 2.05) is 12.1 Å². The molecule has 170 valence electrons. The number of carbonyl (C=O) groups excluding carboxylic acids is 1. The van der Waals surface area contributed by atoms with Gasteiger partial charge in [-0.2, -0.15) is 13.2 Å². The Kier molecular flexibility index (Phi) is 5.43. The quantitative estimate of drug-likeness (QED) is 0.767. The van der Waals surface area contributed by atoms with Crippen LogP contribution in [0.1, 0.15) is 37.3 Å². The largest absolute Gasteiger partial charge is 0.393 e. The summed E-state index contributed by atoms with van der Waals surface area (Å²) in [6, 6.07) is 9.07. The van der Waals surface area contributed by atoms with Crippen LogP contribution in [0.3, 0.4) is 0 Å². The molecule has 32 heavy (non-hydrogen) atoms. The van der Waals surface area contributed by atoms with Gasteiger partial charge in [-0.1, -0.05) is 6.07 Å². The van der Waals surface area contributed by atoms with E-state index in [4.69, 9.17) is 4.98 Å². The molecule has 3 aliphatic rings. The number of halogens is 3. The van der Waals surface area contributed by atoms with Gasteiger partial charge in [-0.25, -0.2) is 9.97 Å². The van der Waals surface area contributed by atoms with Crippen LogP contribution >= 0.6 is 0 Å². The second-order valence-electron chi connectivity index (χ2n) is 8.93. The molecule has 5 rings (SSSR count). The maximum atomic E-state index is 13.3. The molecule has 2 fully saturated rings. The molecule has 1 N–H and O–H groups in total. The molecular formula is C23H26F3N5O. The van der Waals surface area contributed by atoms with Gasteiger partial charge in [0.1, 0.15) is 11.6 Å². The number of nitrogens with one attached hydrogen (secondary N) is 1. The number of anilines is 3. The molecule has 0 aliphatic carbocycles. The van der Waals surface area contributed by atoms with Crippen molar-refractivity contribution in [3.05, 3.63) is 42.2 Å². The number of rotatable bonds is 3. The van der Waals surface area contributed by atoms with Crippen molar-refractivity contribution in [1.29, 1.82) is 0 Å². The summed E-state index contributed by atoms with van der Waals surface area (Å²) in [5.74, 6) is -0.834. The van der Waals surface area contributed by atoms with E-state index in [-0.39, 0.29) is 24.8 Å². The Labute approximate surface area is 184 Å². The molecule has 0 saturated carbocycles. The van der Waals surface area contributed by atoms with Crippen LogP contribution in [0.4, 0.5) is 30.5 Å². The number of hydrogen-bond donors (Lipinski definition) is 1. The highest BCUT2D eigenvalue weighted by Gasteiger charge is 2.44. The van der Waals surface area contributed by atoms with Crippen molar-refractivity contribution in [2.24, 2.45) is 11.8 Å². The average Bonchev–Trinajstić information content (AvgIpc) is 2.79. The lowest BCUT2D eigenvalue weighted by Crippen LogP contribution is -2.46. The molecule has 2 saturated heterocycles. The highest BCUT2D eigenvalue weighted by atomic mass is 19.4. The average molecular weight is 445 g/mol. The van der Waals surface area contributed by atoms with E-state index in [9.17, 15) is 18.0 Å². The Balaban J connectivity index is 1.47. The Morgan fingerprint density at radius 3 is 2.62 bits per heavy atom. The zero-order valence-corrected chi connectivity index (χ0v) is 17.7. The molecule has 1 amide bonds. The molecule has 0 radical (unpaired) electrons. The number of nitrogens with zero attached hydrogens (tertiary/aromatic N) is 4. The van der Waals surface area contributed by atoms with Gasteiger partial charge in [0, 0.05) is 32.4 Å². The van der Waals surface area contributed by atoms with Crippen molar-refractivity contribution in [3.63, 3.8) is 0 Å². The lowest BCUT2D eigenvalue weighted by atomic mass is 9.78. The minimum atomic E-state index is -4.21. The van der Waals surface area contributed by atoms with Crippen LogP contribution in [0, 0.1) is 11.8 Å². The van der Waals surface area contributed by atoms with Crippen LogP contribution in [0.2, 0.25) is 0 Å². The summed E-state index contributed by atoms with van der Waals surface area (Å²) in [6.07, 6.45) is -0.0466. The molecule has 0 spiro atoms. The number of amides is 1. The summed E-state index contributed by atoms with van der Waals surface area (Å²) < 4.78 is 40.0. The Hall–Kier alpha value is -2.84. The van der Waals surface area contributed by atoms with Crippen molar-refractivity contribution < 1.29 is 18.0 Å². The molecule has 3 aliphatic heterocycles. The Morgan fingerprint density at radius 1 is 1.03 bits per heavy atom. The normalized spacial score (nSPS) is 25.3. The summed E-state index contributed by atoms with van der Waals surface area (Å²) in [5, 5.41) is 2.91. The summed E-state index contributed by atoms with van der Waals surface area (Å²) in [4.78, 5) is 26.3. The number of carbonyl (C=O) groups is 1. The van der Waals surface area contributed by atoms with Crippen molar-refractivity contribution in [3.8, 4) is 0 Å². The molecule has 1 unspecified atom stereocenters. The third kappa shape index (κ3) is 4.00. The molecule has 0 aromatic carbocycles. The smallest absolute Gasteiger partial charge is 0.370 e. The maximum absolute atomic E-state index is 13.3. The minimum absolute atomic E-state index is 0.0901. The summed E-state index contributed by atoms with van der Waals surface area (Å²) in [6.45, 7) is 2.14. The topological polar surface area (TPSA) is 61.4 Å². The van der Waals surface area contributed by atoms with Gasteiger partial charge in [0.25, 0.3) is 0 Å². The predicted molar refractivity (Wildman–Crippen MR) is 116 cm³/mol. The Morgan fingerprint density at radius 2 is 1.84 bits per heavy atom. The number of alkyl halides is 3. The zero-order valence-electron chi connectivity index (χ0n) is 17.7. The zero-order chi connectivity index (χ0) is 22.3. The summed E-state index contributed by atoms with van der Waals surface area (Å²) >= 11 is 0. The van der Waals surface area contributed by atoms with E-state index in [2.05, 4.69) is 15.2 Å². The second-order valence-corrected chi connectivity index (χ2v) is 8.93. The van der Waals surface area contributed by atoms with Gasteiger partial charge in [0.2, 0.25) is 5.91 Å². The molecule has 2 aromatic rings.